The summed E-state index contributed by atoms with van der Waals surface area (Å²) >= 11 is 0. The molecule has 0 radical (unpaired) electrons. The molecule has 0 amide bonds. The van der Waals surface area contributed by atoms with Gasteiger partial charge in [-0.3, -0.25) is 0 Å². The van der Waals surface area contributed by atoms with Crippen molar-refractivity contribution in [3.05, 3.63) is 60.2 Å². The number of nitrogens with one attached hydrogen (secondary N) is 1. The normalized spacial score (nSPS) is 25.2. The van der Waals surface area contributed by atoms with Crippen LogP contribution in [0.15, 0.2) is 54.6 Å². The SMILES string of the molecule is c1ccccc(C2CCCCCC2NC2CCCCCCCCCC2)cccc1. The minimum Gasteiger partial charge on any atom is -0.311 e. The number of hydrogen-bond acceptors (Lipinski definition) is 1. The van der Waals surface area contributed by atoms with Crippen LogP contribution < -0.4 is 5.32 Å². The van der Waals surface area contributed by atoms with Crippen molar-refractivity contribution >= 4 is 0 Å². The minimum atomic E-state index is 0.638. The van der Waals surface area contributed by atoms with Gasteiger partial charge in [0.1, 0.15) is 0 Å². The van der Waals surface area contributed by atoms with E-state index in [1.165, 1.54) is 102 Å². The van der Waals surface area contributed by atoms with Crippen LogP contribution in [0.4, 0.5) is 0 Å². The predicted octanol–water partition coefficient (Wildman–Crippen LogP) is 8.10. The topological polar surface area (TPSA) is 12.0 Å². The van der Waals surface area contributed by atoms with Gasteiger partial charge in [-0.05, 0) is 37.2 Å². The first-order chi connectivity index (χ1) is 14.4. The van der Waals surface area contributed by atoms with Crippen LogP contribution in [0, 0.1) is 0 Å². The highest BCUT2D eigenvalue weighted by Crippen LogP contribution is 2.32. The zero-order valence-electron chi connectivity index (χ0n) is 18.5. The number of rotatable bonds is 3. The lowest BCUT2D eigenvalue weighted by Gasteiger charge is -2.31. The summed E-state index contributed by atoms with van der Waals surface area (Å²) in [5, 5.41) is 4.21. The smallest absolute Gasteiger partial charge is 0.0138 e. The molecule has 2 saturated carbocycles. The van der Waals surface area contributed by atoms with Gasteiger partial charge in [-0.1, -0.05) is 125 Å². The molecule has 0 bridgehead atoms. The van der Waals surface area contributed by atoms with Crippen molar-refractivity contribution in [3.8, 4) is 0 Å². The summed E-state index contributed by atoms with van der Waals surface area (Å²) in [5.41, 5.74) is 1.51. The molecule has 0 aromatic heterocycles. The van der Waals surface area contributed by atoms with Gasteiger partial charge in [0.25, 0.3) is 0 Å². The largest absolute Gasteiger partial charge is 0.311 e. The Bertz CT molecular complexity index is 572. The molecule has 2 aliphatic rings. The van der Waals surface area contributed by atoms with Gasteiger partial charge in [0.15, 0.2) is 0 Å². The quantitative estimate of drug-likeness (QED) is 0.511. The van der Waals surface area contributed by atoms with E-state index in [-0.39, 0.29) is 0 Å². The van der Waals surface area contributed by atoms with Crippen molar-refractivity contribution in [2.75, 3.05) is 0 Å². The Morgan fingerprint density at radius 2 is 0.931 bits per heavy atom. The molecular formula is C28H43N. The minimum absolute atomic E-state index is 0.638. The van der Waals surface area contributed by atoms with Gasteiger partial charge in [0, 0.05) is 12.1 Å². The second-order valence-corrected chi connectivity index (χ2v) is 9.30. The zero-order chi connectivity index (χ0) is 20.0. The van der Waals surface area contributed by atoms with Crippen molar-refractivity contribution in [3.63, 3.8) is 0 Å². The van der Waals surface area contributed by atoms with Gasteiger partial charge in [0.05, 0.1) is 0 Å². The molecule has 1 N–H and O–H groups in total. The van der Waals surface area contributed by atoms with Crippen molar-refractivity contribution < 1.29 is 0 Å². The summed E-state index contributed by atoms with van der Waals surface area (Å²) in [4.78, 5) is 0. The van der Waals surface area contributed by atoms with Crippen LogP contribution in [0.5, 0.6) is 0 Å². The fourth-order valence-electron chi connectivity index (χ4n) is 5.32. The monoisotopic (exact) mass is 393 g/mol. The highest BCUT2D eigenvalue weighted by Gasteiger charge is 2.26. The Morgan fingerprint density at radius 1 is 0.483 bits per heavy atom. The van der Waals surface area contributed by atoms with Crippen LogP contribution in [0.1, 0.15) is 108 Å². The van der Waals surface area contributed by atoms with Gasteiger partial charge in [-0.2, -0.15) is 0 Å². The van der Waals surface area contributed by atoms with Gasteiger partial charge >= 0.3 is 0 Å². The molecule has 0 saturated heterocycles. The first-order valence-corrected chi connectivity index (χ1v) is 12.6. The van der Waals surface area contributed by atoms with E-state index in [1.54, 1.807) is 0 Å². The first kappa shape index (κ1) is 22.3. The molecule has 2 fully saturated rings. The summed E-state index contributed by atoms with van der Waals surface area (Å²) < 4.78 is 0. The lowest BCUT2D eigenvalue weighted by atomic mass is 9.87. The van der Waals surface area contributed by atoms with E-state index >= 15 is 0 Å². The Labute approximate surface area is 180 Å². The molecule has 0 aliphatic heterocycles. The van der Waals surface area contributed by atoms with Crippen molar-refractivity contribution in [2.45, 2.75) is 114 Å². The van der Waals surface area contributed by atoms with Crippen LogP contribution in [0.3, 0.4) is 0 Å². The molecule has 1 heteroatoms. The Morgan fingerprint density at radius 3 is 1.55 bits per heavy atom. The fourth-order valence-corrected chi connectivity index (χ4v) is 5.32. The van der Waals surface area contributed by atoms with Gasteiger partial charge in [-0.15, -0.1) is 0 Å². The lowest BCUT2D eigenvalue weighted by molar-refractivity contribution is 0.326. The number of hydrogen-bond donors (Lipinski definition) is 1. The summed E-state index contributed by atoms with van der Waals surface area (Å²) in [5.74, 6) is 0.647. The van der Waals surface area contributed by atoms with Gasteiger partial charge in [0.2, 0.25) is 0 Å². The van der Waals surface area contributed by atoms with Crippen molar-refractivity contribution in [2.24, 2.45) is 0 Å². The van der Waals surface area contributed by atoms with Crippen LogP contribution in [-0.2, 0) is 0 Å². The maximum Gasteiger partial charge on any atom is 0.0138 e. The molecule has 1 nitrogen and oxygen atoms in total. The zero-order valence-corrected chi connectivity index (χ0v) is 18.5. The van der Waals surface area contributed by atoms with Crippen molar-refractivity contribution in [1.29, 1.82) is 0 Å². The first-order valence-electron chi connectivity index (χ1n) is 12.6. The summed E-state index contributed by atoms with van der Waals surface area (Å²) in [6.45, 7) is 0. The van der Waals surface area contributed by atoms with E-state index in [4.69, 9.17) is 0 Å². The van der Waals surface area contributed by atoms with Gasteiger partial charge < -0.3 is 5.32 Å². The van der Waals surface area contributed by atoms with E-state index < -0.39 is 0 Å². The van der Waals surface area contributed by atoms with E-state index in [2.05, 4.69) is 59.9 Å². The molecule has 2 aliphatic carbocycles. The second kappa shape index (κ2) is 13.8. The molecule has 2 atom stereocenters. The van der Waals surface area contributed by atoms with E-state index in [0.717, 1.165) is 6.04 Å². The highest BCUT2D eigenvalue weighted by molar-refractivity contribution is 5.19. The summed E-state index contributed by atoms with van der Waals surface area (Å²) in [7, 11) is 0. The van der Waals surface area contributed by atoms with E-state index in [0.29, 0.717) is 12.0 Å². The third-order valence-electron chi connectivity index (χ3n) is 6.99. The molecule has 160 valence electrons. The second-order valence-electron chi connectivity index (χ2n) is 9.30. The summed E-state index contributed by atoms with van der Waals surface area (Å²) in [6, 6.07) is 21.2. The third-order valence-corrected chi connectivity index (χ3v) is 6.99. The van der Waals surface area contributed by atoms with Crippen LogP contribution >= 0.6 is 0 Å². The van der Waals surface area contributed by atoms with Crippen LogP contribution in [0.2, 0.25) is 0 Å². The highest BCUT2D eigenvalue weighted by atomic mass is 15.0. The molecule has 1 aromatic carbocycles. The summed E-state index contributed by atoms with van der Waals surface area (Å²) in [6.07, 6.45) is 21.1. The Balaban J connectivity index is 1.73. The third kappa shape index (κ3) is 8.51. The maximum absolute atomic E-state index is 4.21. The van der Waals surface area contributed by atoms with Crippen LogP contribution in [-0.4, -0.2) is 12.1 Å². The Hall–Kier alpha value is -1.34. The molecule has 3 rings (SSSR count). The molecular weight excluding hydrogens is 350 g/mol. The lowest BCUT2D eigenvalue weighted by Crippen LogP contribution is -2.41. The molecule has 0 heterocycles. The van der Waals surface area contributed by atoms with E-state index in [1.807, 2.05) is 0 Å². The average Bonchev–Trinajstić information content (AvgIpc) is 3.00. The van der Waals surface area contributed by atoms with Crippen molar-refractivity contribution in [1.82, 2.24) is 5.32 Å². The molecule has 0 spiro atoms. The fraction of sp³-hybridized carbons (Fsp3) is 0.643. The van der Waals surface area contributed by atoms with E-state index in [9.17, 15) is 0 Å². The molecule has 29 heavy (non-hydrogen) atoms. The Kier molecular flexibility index (Phi) is 10.6. The van der Waals surface area contributed by atoms with Crippen LogP contribution in [0.25, 0.3) is 0 Å². The van der Waals surface area contributed by atoms with Gasteiger partial charge in [-0.25, -0.2) is 0 Å². The standard InChI is InChI=1S/C28H43N/c1-2-7-11-16-22-26(21-15-10-6-1)29-28-24-18-12-17-23-27(28)25-19-13-8-4-3-5-9-14-20-25/h3-5,8-9,13-14,19-20,26-29H,1-2,6-7,10-12,15-18,21-24H2. The average molecular weight is 394 g/mol. The molecule has 1 aromatic rings. The molecule has 2 unspecified atom stereocenters. The maximum atomic E-state index is 4.21. The predicted molar refractivity (Wildman–Crippen MR) is 127 cm³/mol.